The summed E-state index contributed by atoms with van der Waals surface area (Å²) < 4.78 is 0. The molecule has 0 aromatic heterocycles. The number of hydrogen-bond acceptors (Lipinski definition) is 2. The summed E-state index contributed by atoms with van der Waals surface area (Å²) >= 11 is 0. The fourth-order valence-electron chi connectivity index (χ4n) is 1.92. The number of carbonyl (C=O) groups excluding carboxylic acids is 1. The molecule has 0 aromatic rings. The largest absolute Gasteiger partial charge is 0.330 e. The topological polar surface area (TPSA) is 43.1 Å². The van der Waals surface area contributed by atoms with E-state index in [1.807, 2.05) is 0 Å². The summed E-state index contributed by atoms with van der Waals surface area (Å²) in [5.41, 5.74) is 5.62. The summed E-state index contributed by atoms with van der Waals surface area (Å²) in [4.78, 5) is 11.8. The Bertz CT molecular complexity index is 173. The molecule has 2 heteroatoms. The lowest BCUT2D eigenvalue weighted by Crippen LogP contribution is -2.33. The molecule has 0 spiro atoms. The molecule has 0 aliphatic heterocycles. The van der Waals surface area contributed by atoms with E-state index in [0.717, 1.165) is 19.3 Å². The molecule has 0 aromatic carbocycles. The van der Waals surface area contributed by atoms with E-state index in [1.54, 1.807) is 0 Å². The Morgan fingerprint density at radius 3 is 2.38 bits per heavy atom. The Hall–Kier alpha value is -0.370. The zero-order valence-electron chi connectivity index (χ0n) is 8.75. The Balaban J connectivity index is 2.39. The molecule has 1 rings (SSSR count). The van der Waals surface area contributed by atoms with Crippen molar-refractivity contribution < 1.29 is 4.79 Å². The van der Waals surface area contributed by atoms with Gasteiger partial charge in [-0.15, -0.1) is 0 Å². The van der Waals surface area contributed by atoms with Gasteiger partial charge in [0.1, 0.15) is 5.78 Å². The zero-order valence-corrected chi connectivity index (χ0v) is 8.75. The molecule has 1 unspecified atom stereocenters. The van der Waals surface area contributed by atoms with Gasteiger partial charge in [0.15, 0.2) is 0 Å². The van der Waals surface area contributed by atoms with E-state index < -0.39 is 0 Å². The Morgan fingerprint density at radius 1 is 1.46 bits per heavy atom. The molecule has 2 nitrogen and oxygen atoms in total. The van der Waals surface area contributed by atoms with E-state index in [1.165, 1.54) is 6.42 Å². The fourth-order valence-corrected chi connectivity index (χ4v) is 1.92. The highest BCUT2D eigenvalue weighted by molar-refractivity contribution is 5.84. The smallest absolute Gasteiger partial charge is 0.140 e. The second kappa shape index (κ2) is 4.75. The van der Waals surface area contributed by atoms with Crippen molar-refractivity contribution in [3.05, 3.63) is 0 Å². The van der Waals surface area contributed by atoms with Crippen molar-refractivity contribution in [2.24, 2.45) is 23.5 Å². The lowest BCUT2D eigenvalue weighted by Gasteiger charge is -2.28. The van der Waals surface area contributed by atoms with Crippen LogP contribution in [0.25, 0.3) is 0 Å². The van der Waals surface area contributed by atoms with Crippen LogP contribution in [0.3, 0.4) is 0 Å². The molecule has 1 saturated carbocycles. The van der Waals surface area contributed by atoms with E-state index in [9.17, 15) is 4.79 Å². The maximum Gasteiger partial charge on any atom is 0.140 e. The van der Waals surface area contributed by atoms with Crippen LogP contribution in [0, 0.1) is 17.8 Å². The Kier molecular flexibility index (Phi) is 3.91. The van der Waals surface area contributed by atoms with Gasteiger partial charge in [-0.2, -0.15) is 0 Å². The minimum Gasteiger partial charge on any atom is -0.330 e. The molecule has 0 radical (unpaired) electrons. The molecule has 1 fully saturated rings. The molecule has 76 valence electrons. The van der Waals surface area contributed by atoms with Crippen molar-refractivity contribution in [3.63, 3.8) is 0 Å². The van der Waals surface area contributed by atoms with Gasteiger partial charge in [0.25, 0.3) is 0 Å². The standard InChI is InChI=1S/C11H21NO/c1-8(2)6-10(7-12)11(13)9-4-3-5-9/h8-10H,3-7,12H2,1-2H3. The highest BCUT2D eigenvalue weighted by atomic mass is 16.1. The first kappa shape index (κ1) is 10.7. The summed E-state index contributed by atoms with van der Waals surface area (Å²) in [6, 6.07) is 0. The molecule has 0 bridgehead atoms. The third-order valence-electron chi connectivity index (χ3n) is 2.95. The molecule has 0 saturated heterocycles. The molecular formula is C11H21NO. The summed E-state index contributed by atoms with van der Waals surface area (Å²) in [6.45, 7) is 4.83. The van der Waals surface area contributed by atoms with Crippen LogP contribution in [-0.2, 0) is 4.79 Å². The maximum atomic E-state index is 11.8. The number of rotatable bonds is 5. The van der Waals surface area contributed by atoms with Gasteiger partial charge in [-0.05, 0) is 25.2 Å². The van der Waals surface area contributed by atoms with Crippen molar-refractivity contribution in [1.29, 1.82) is 0 Å². The predicted molar refractivity (Wildman–Crippen MR) is 54.3 cm³/mol. The number of carbonyl (C=O) groups is 1. The first-order valence-electron chi connectivity index (χ1n) is 5.39. The third kappa shape index (κ3) is 2.80. The van der Waals surface area contributed by atoms with E-state index in [2.05, 4.69) is 13.8 Å². The molecular weight excluding hydrogens is 162 g/mol. The van der Waals surface area contributed by atoms with Gasteiger partial charge >= 0.3 is 0 Å². The van der Waals surface area contributed by atoms with Gasteiger partial charge in [-0.25, -0.2) is 0 Å². The average molecular weight is 183 g/mol. The van der Waals surface area contributed by atoms with Crippen LogP contribution in [0.15, 0.2) is 0 Å². The number of Topliss-reactive ketones (excluding diaryl/α,β-unsaturated/α-hetero) is 1. The highest BCUT2D eigenvalue weighted by Gasteiger charge is 2.30. The van der Waals surface area contributed by atoms with E-state index in [4.69, 9.17) is 5.73 Å². The Labute approximate surface area is 80.9 Å². The van der Waals surface area contributed by atoms with Crippen molar-refractivity contribution in [1.82, 2.24) is 0 Å². The Morgan fingerprint density at radius 2 is 2.08 bits per heavy atom. The minimum atomic E-state index is 0.130. The molecule has 1 atom stereocenters. The summed E-state index contributed by atoms with van der Waals surface area (Å²) in [7, 11) is 0. The average Bonchev–Trinajstić information content (AvgIpc) is 1.96. The van der Waals surface area contributed by atoms with Crippen LogP contribution in [0.2, 0.25) is 0 Å². The summed E-state index contributed by atoms with van der Waals surface area (Å²) in [5, 5.41) is 0. The van der Waals surface area contributed by atoms with E-state index >= 15 is 0 Å². The lowest BCUT2D eigenvalue weighted by molar-refractivity contribution is -0.129. The summed E-state index contributed by atoms with van der Waals surface area (Å²) in [5.74, 6) is 1.50. The van der Waals surface area contributed by atoms with E-state index in [-0.39, 0.29) is 5.92 Å². The van der Waals surface area contributed by atoms with Gasteiger partial charge in [-0.1, -0.05) is 20.3 Å². The molecule has 13 heavy (non-hydrogen) atoms. The van der Waals surface area contributed by atoms with Gasteiger partial charge in [-0.3, -0.25) is 4.79 Å². The normalized spacial score (nSPS) is 20.0. The monoisotopic (exact) mass is 183 g/mol. The van der Waals surface area contributed by atoms with Crippen molar-refractivity contribution in [3.8, 4) is 0 Å². The zero-order chi connectivity index (χ0) is 9.84. The quantitative estimate of drug-likeness (QED) is 0.708. The molecule has 0 heterocycles. The van der Waals surface area contributed by atoms with Crippen LogP contribution < -0.4 is 5.73 Å². The number of hydrogen-bond donors (Lipinski definition) is 1. The fraction of sp³-hybridized carbons (Fsp3) is 0.909. The van der Waals surface area contributed by atoms with Crippen LogP contribution in [0.5, 0.6) is 0 Å². The van der Waals surface area contributed by atoms with Crippen molar-refractivity contribution in [2.75, 3.05) is 6.54 Å². The number of nitrogens with two attached hydrogens (primary N) is 1. The van der Waals surface area contributed by atoms with Gasteiger partial charge in [0, 0.05) is 18.4 Å². The molecule has 1 aliphatic rings. The second-order valence-electron chi connectivity index (χ2n) is 4.59. The van der Waals surface area contributed by atoms with Gasteiger partial charge in [0.2, 0.25) is 0 Å². The van der Waals surface area contributed by atoms with Crippen LogP contribution in [0.1, 0.15) is 39.5 Å². The van der Waals surface area contributed by atoms with Crippen molar-refractivity contribution in [2.45, 2.75) is 39.5 Å². The molecule has 0 amide bonds. The number of ketones is 1. The van der Waals surface area contributed by atoms with Crippen LogP contribution >= 0.6 is 0 Å². The van der Waals surface area contributed by atoms with Gasteiger partial charge < -0.3 is 5.73 Å². The lowest BCUT2D eigenvalue weighted by atomic mass is 9.76. The molecule has 2 N–H and O–H groups in total. The SMILES string of the molecule is CC(C)CC(CN)C(=O)C1CCC1. The van der Waals surface area contributed by atoms with Gasteiger partial charge in [0.05, 0.1) is 0 Å². The third-order valence-corrected chi connectivity index (χ3v) is 2.95. The minimum absolute atomic E-state index is 0.130. The first-order chi connectivity index (χ1) is 6.15. The first-order valence-corrected chi connectivity index (χ1v) is 5.39. The second-order valence-corrected chi connectivity index (χ2v) is 4.59. The molecule has 1 aliphatic carbocycles. The van der Waals surface area contributed by atoms with E-state index in [0.29, 0.717) is 24.2 Å². The summed E-state index contributed by atoms with van der Waals surface area (Å²) in [6.07, 6.45) is 4.40. The van der Waals surface area contributed by atoms with Crippen molar-refractivity contribution >= 4 is 5.78 Å². The predicted octanol–water partition coefficient (Wildman–Crippen LogP) is 1.98. The van der Waals surface area contributed by atoms with Crippen LogP contribution in [-0.4, -0.2) is 12.3 Å². The maximum absolute atomic E-state index is 11.8. The highest BCUT2D eigenvalue weighted by Crippen LogP contribution is 2.30. The van der Waals surface area contributed by atoms with Crippen LogP contribution in [0.4, 0.5) is 0 Å².